The molecule has 0 aromatic carbocycles. The molecule has 0 saturated carbocycles. The van der Waals surface area contributed by atoms with Crippen LogP contribution in [-0.2, 0) is 9.53 Å². The summed E-state index contributed by atoms with van der Waals surface area (Å²) in [6.45, 7) is 4.27. The van der Waals surface area contributed by atoms with E-state index in [4.69, 9.17) is 0 Å². The van der Waals surface area contributed by atoms with Crippen LogP contribution in [0.1, 0.15) is 26.7 Å². The molecule has 0 aromatic rings. The number of esters is 1. The molecule has 0 radical (unpaired) electrons. The van der Waals surface area contributed by atoms with Crippen LogP contribution in [0, 0.1) is 5.92 Å². The molecule has 0 amide bonds. The zero-order valence-electron chi connectivity index (χ0n) is 7.26. The average molecular weight is 223 g/mol. The van der Waals surface area contributed by atoms with Crippen molar-refractivity contribution in [3.63, 3.8) is 0 Å². The molecule has 0 fully saturated rings. The Morgan fingerprint density at radius 2 is 2.00 bits per heavy atom. The fourth-order valence-electron chi connectivity index (χ4n) is 0.725. The summed E-state index contributed by atoms with van der Waals surface area (Å²) in [5.41, 5.74) is 0. The smallest absolute Gasteiger partial charge is 0.319 e. The van der Waals surface area contributed by atoms with Gasteiger partial charge in [-0.15, -0.1) is 0 Å². The predicted molar refractivity (Wildman–Crippen MR) is 48.8 cm³/mol. The minimum Gasteiger partial charge on any atom is -0.468 e. The summed E-state index contributed by atoms with van der Waals surface area (Å²) in [4.78, 5) is 10.7. The van der Waals surface area contributed by atoms with E-state index in [0.29, 0.717) is 5.92 Å². The summed E-state index contributed by atoms with van der Waals surface area (Å²) in [5.74, 6) is 0.463. The van der Waals surface area contributed by atoms with E-state index < -0.39 is 0 Å². The third kappa shape index (κ3) is 5.24. The lowest BCUT2D eigenvalue weighted by atomic mass is 10.1. The molecule has 0 heterocycles. The summed E-state index contributed by atoms with van der Waals surface area (Å²) in [5, 5.41) is 0. The molecule has 0 spiro atoms. The van der Waals surface area contributed by atoms with Gasteiger partial charge in [-0.1, -0.05) is 29.8 Å². The number of rotatable bonds is 4. The second-order valence-electron chi connectivity index (χ2n) is 2.96. The van der Waals surface area contributed by atoms with Crippen molar-refractivity contribution in [3.8, 4) is 0 Å². The molecular formula is C8H15BrO2. The van der Waals surface area contributed by atoms with E-state index in [2.05, 4.69) is 34.5 Å². The Bertz CT molecular complexity index is 123. The summed E-state index contributed by atoms with van der Waals surface area (Å²) in [6.07, 6.45) is 1.90. The van der Waals surface area contributed by atoms with E-state index in [1.807, 2.05) is 0 Å². The van der Waals surface area contributed by atoms with Gasteiger partial charge in [0.1, 0.15) is 4.83 Å². The normalized spacial score (nSPS) is 13.2. The van der Waals surface area contributed by atoms with Crippen molar-refractivity contribution >= 4 is 21.9 Å². The van der Waals surface area contributed by atoms with Crippen molar-refractivity contribution in [1.82, 2.24) is 0 Å². The van der Waals surface area contributed by atoms with Crippen LogP contribution in [-0.4, -0.2) is 17.9 Å². The Morgan fingerprint density at radius 3 is 2.36 bits per heavy atom. The SMILES string of the molecule is COC(=O)C(Br)CCC(C)C. The topological polar surface area (TPSA) is 26.3 Å². The second-order valence-corrected chi connectivity index (χ2v) is 4.07. The highest BCUT2D eigenvalue weighted by atomic mass is 79.9. The third-order valence-corrected chi connectivity index (χ3v) is 2.29. The zero-order chi connectivity index (χ0) is 8.85. The number of hydrogen-bond donors (Lipinski definition) is 0. The van der Waals surface area contributed by atoms with Gasteiger partial charge in [0.15, 0.2) is 0 Å². The number of carbonyl (C=O) groups excluding carboxylic acids is 1. The van der Waals surface area contributed by atoms with Crippen LogP contribution in [0.5, 0.6) is 0 Å². The van der Waals surface area contributed by atoms with Crippen LogP contribution in [0.3, 0.4) is 0 Å². The molecule has 0 N–H and O–H groups in total. The van der Waals surface area contributed by atoms with Crippen molar-refractivity contribution in [3.05, 3.63) is 0 Å². The van der Waals surface area contributed by atoms with Crippen molar-refractivity contribution in [2.24, 2.45) is 5.92 Å². The highest BCUT2D eigenvalue weighted by Crippen LogP contribution is 2.13. The maximum absolute atomic E-state index is 10.9. The predicted octanol–water partition coefficient (Wildman–Crippen LogP) is 2.36. The van der Waals surface area contributed by atoms with E-state index in [9.17, 15) is 4.79 Å². The quantitative estimate of drug-likeness (QED) is 0.540. The van der Waals surface area contributed by atoms with Gasteiger partial charge in [0.2, 0.25) is 0 Å². The molecule has 0 aliphatic rings. The number of hydrogen-bond acceptors (Lipinski definition) is 2. The van der Waals surface area contributed by atoms with Crippen LogP contribution < -0.4 is 0 Å². The average Bonchev–Trinajstić information content (AvgIpc) is 1.98. The van der Waals surface area contributed by atoms with Crippen molar-refractivity contribution in [2.75, 3.05) is 7.11 Å². The van der Waals surface area contributed by atoms with Crippen LogP contribution in [0.2, 0.25) is 0 Å². The lowest BCUT2D eigenvalue weighted by Gasteiger charge is -2.08. The van der Waals surface area contributed by atoms with Gasteiger partial charge in [-0.2, -0.15) is 0 Å². The highest BCUT2D eigenvalue weighted by molar-refractivity contribution is 9.10. The summed E-state index contributed by atoms with van der Waals surface area (Å²) in [7, 11) is 1.41. The Morgan fingerprint density at radius 1 is 1.45 bits per heavy atom. The van der Waals surface area contributed by atoms with Crippen LogP contribution in [0.25, 0.3) is 0 Å². The van der Waals surface area contributed by atoms with Crippen molar-refractivity contribution in [1.29, 1.82) is 0 Å². The second kappa shape index (κ2) is 5.58. The zero-order valence-corrected chi connectivity index (χ0v) is 8.85. The van der Waals surface area contributed by atoms with E-state index in [0.717, 1.165) is 12.8 Å². The number of carbonyl (C=O) groups is 1. The minimum absolute atomic E-state index is 0.130. The Kier molecular flexibility index (Phi) is 5.56. The molecule has 1 atom stereocenters. The molecule has 0 aromatic heterocycles. The van der Waals surface area contributed by atoms with Gasteiger partial charge in [0.05, 0.1) is 7.11 Å². The van der Waals surface area contributed by atoms with Crippen molar-refractivity contribution < 1.29 is 9.53 Å². The molecule has 1 unspecified atom stereocenters. The monoisotopic (exact) mass is 222 g/mol. The lowest BCUT2D eigenvalue weighted by Crippen LogP contribution is -2.15. The van der Waals surface area contributed by atoms with Crippen LogP contribution >= 0.6 is 15.9 Å². The first-order chi connectivity index (χ1) is 5.07. The summed E-state index contributed by atoms with van der Waals surface area (Å²) < 4.78 is 4.56. The maximum atomic E-state index is 10.9. The minimum atomic E-state index is -0.175. The van der Waals surface area contributed by atoms with E-state index >= 15 is 0 Å². The van der Waals surface area contributed by atoms with Gasteiger partial charge >= 0.3 is 5.97 Å². The molecule has 0 rings (SSSR count). The largest absolute Gasteiger partial charge is 0.468 e. The van der Waals surface area contributed by atoms with E-state index in [-0.39, 0.29) is 10.8 Å². The molecule has 0 aliphatic carbocycles. The van der Waals surface area contributed by atoms with Gasteiger partial charge in [-0.3, -0.25) is 4.79 Å². The molecule has 66 valence electrons. The van der Waals surface area contributed by atoms with Crippen LogP contribution in [0.15, 0.2) is 0 Å². The van der Waals surface area contributed by atoms with Crippen LogP contribution in [0.4, 0.5) is 0 Å². The highest BCUT2D eigenvalue weighted by Gasteiger charge is 2.14. The maximum Gasteiger partial charge on any atom is 0.319 e. The van der Waals surface area contributed by atoms with E-state index in [1.165, 1.54) is 7.11 Å². The van der Waals surface area contributed by atoms with E-state index in [1.54, 1.807) is 0 Å². The number of alkyl halides is 1. The third-order valence-electron chi connectivity index (χ3n) is 1.45. The fraction of sp³-hybridized carbons (Fsp3) is 0.875. The molecule has 2 nitrogen and oxygen atoms in total. The number of ether oxygens (including phenoxy) is 1. The number of halogens is 1. The molecule has 0 bridgehead atoms. The van der Waals surface area contributed by atoms with Gasteiger partial charge in [0.25, 0.3) is 0 Å². The fourth-order valence-corrected chi connectivity index (χ4v) is 1.18. The molecule has 0 aliphatic heterocycles. The number of methoxy groups -OCH3 is 1. The van der Waals surface area contributed by atoms with Gasteiger partial charge in [-0.05, 0) is 18.8 Å². The molecule has 11 heavy (non-hydrogen) atoms. The Labute approximate surface area is 76.4 Å². The lowest BCUT2D eigenvalue weighted by molar-refractivity contribution is -0.139. The first-order valence-electron chi connectivity index (χ1n) is 3.79. The first kappa shape index (κ1) is 11.0. The van der Waals surface area contributed by atoms with Crippen molar-refractivity contribution in [2.45, 2.75) is 31.5 Å². The summed E-state index contributed by atoms with van der Waals surface area (Å²) >= 11 is 3.26. The van der Waals surface area contributed by atoms with Gasteiger partial charge in [0, 0.05) is 0 Å². The summed E-state index contributed by atoms with van der Waals surface area (Å²) in [6, 6.07) is 0. The standard InChI is InChI=1S/C8H15BrO2/c1-6(2)4-5-7(9)8(10)11-3/h6-7H,4-5H2,1-3H3. The molecule has 3 heteroatoms. The van der Waals surface area contributed by atoms with Gasteiger partial charge < -0.3 is 4.74 Å². The van der Waals surface area contributed by atoms with Gasteiger partial charge in [-0.25, -0.2) is 0 Å². The Balaban J connectivity index is 3.52. The molecular weight excluding hydrogens is 208 g/mol. The Hall–Kier alpha value is -0.0500. The first-order valence-corrected chi connectivity index (χ1v) is 4.71. The molecule has 0 saturated heterocycles.